The number of anilines is 1. The van der Waals surface area contributed by atoms with Crippen LogP contribution >= 0.6 is 11.8 Å². The highest BCUT2D eigenvalue weighted by Crippen LogP contribution is 2.47. The van der Waals surface area contributed by atoms with E-state index in [2.05, 4.69) is 0 Å². The second kappa shape index (κ2) is 7.65. The molecule has 2 fully saturated rings. The standard InChI is InChI=1S/C22H21F3N2O2S/c1-15-3-2-4-18(13-15)27-19(28)14-30-21(27)9-11-26(12-10-21)20(29)16-5-7-17(8-6-16)22(23,24)25/h2-8,13H,9-12,14H2,1H3. The van der Waals surface area contributed by atoms with Gasteiger partial charge in [-0.25, -0.2) is 0 Å². The summed E-state index contributed by atoms with van der Waals surface area (Å²) in [5.74, 6) is 0.184. The summed E-state index contributed by atoms with van der Waals surface area (Å²) in [5, 5.41) is 0. The Balaban J connectivity index is 1.49. The first-order valence-corrected chi connectivity index (χ1v) is 10.7. The summed E-state index contributed by atoms with van der Waals surface area (Å²) in [7, 11) is 0. The van der Waals surface area contributed by atoms with Crippen molar-refractivity contribution < 1.29 is 22.8 Å². The van der Waals surface area contributed by atoms with Gasteiger partial charge in [-0.05, 0) is 61.7 Å². The molecule has 0 N–H and O–H groups in total. The van der Waals surface area contributed by atoms with Crippen molar-refractivity contribution in [3.05, 3.63) is 65.2 Å². The van der Waals surface area contributed by atoms with E-state index in [0.29, 0.717) is 31.7 Å². The van der Waals surface area contributed by atoms with Crippen LogP contribution in [0.15, 0.2) is 48.5 Å². The number of amides is 2. The van der Waals surface area contributed by atoms with E-state index in [-0.39, 0.29) is 22.2 Å². The van der Waals surface area contributed by atoms with Crippen LogP contribution in [0.4, 0.5) is 18.9 Å². The van der Waals surface area contributed by atoms with E-state index >= 15 is 0 Å². The number of aryl methyl sites for hydroxylation is 1. The quantitative estimate of drug-likeness (QED) is 0.687. The molecule has 2 aromatic rings. The van der Waals surface area contributed by atoms with Gasteiger partial charge in [0.15, 0.2) is 0 Å². The number of halogens is 3. The molecule has 2 aliphatic rings. The maximum atomic E-state index is 12.8. The summed E-state index contributed by atoms with van der Waals surface area (Å²) in [6, 6.07) is 12.1. The van der Waals surface area contributed by atoms with Crippen molar-refractivity contribution >= 4 is 29.3 Å². The smallest absolute Gasteiger partial charge is 0.338 e. The Hall–Kier alpha value is -2.48. The molecular weight excluding hydrogens is 413 g/mol. The van der Waals surface area contributed by atoms with E-state index in [4.69, 9.17) is 0 Å². The number of likely N-dealkylation sites (tertiary alicyclic amines) is 1. The third-order valence-electron chi connectivity index (χ3n) is 5.67. The number of nitrogens with zero attached hydrogens (tertiary/aromatic N) is 2. The molecule has 2 heterocycles. The van der Waals surface area contributed by atoms with E-state index < -0.39 is 11.7 Å². The van der Waals surface area contributed by atoms with Gasteiger partial charge in [0.25, 0.3) is 5.91 Å². The van der Waals surface area contributed by atoms with Gasteiger partial charge in [0.2, 0.25) is 5.91 Å². The number of carbonyl (C=O) groups is 2. The number of piperidine rings is 1. The second-order valence-corrected chi connectivity index (χ2v) is 9.01. The van der Waals surface area contributed by atoms with Gasteiger partial charge >= 0.3 is 6.18 Å². The zero-order valence-corrected chi connectivity index (χ0v) is 17.2. The van der Waals surface area contributed by atoms with Crippen molar-refractivity contribution in [2.24, 2.45) is 0 Å². The molecule has 2 amide bonds. The van der Waals surface area contributed by atoms with Crippen LogP contribution in [0.1, 0.15) is 34.3 Å². The minimum Gasteiger partial charge on any atom is -0.338 e. The molecule has 0 unspecified atom stereocenters. The van der Waals surface area contributed by atoms with Crippen LogP contribution in [0, 0.1) is 6.92 Å². The average molecular weight is 434 g/mol. The molecule has 0 atom stereocenters. The first-order valence-electron chi connectivity index (χ1n) is 9.70. The maximum absolute atomic E-state index is 12.8. The van der Waals surface area contributed by atoms with Crippen LogP contribution in [0.5, 0.6) is 0 Å². The zero-order chi connectivity index (χ0) is 21.5. The minimum atomic E-state index is -4.43. The molecule has 4 nitrogen and oxygen atoms in total. The zero-order valence-electron chi connectivity index (χ0n) is 16.4. The SMILES string of the molecule is Cc1cccc(N2C(=O)CSC23CCN(C(=O)c2ccc(C(F)(F)F)cc2)CC3)c1. The van der Waals surface area contributed by atoms with Crippen molar-refractivity contribution in [1.82, 2.24) is 4.90 Å². The minimum absolute atomic E-state index is 0.0631. The molecule has 2 aromatic carbocycles. The summed E-state index contributed by atoms with van der Waals surface area (Å²) in [6.07, 6.45) is -3.20. The Morgan fingerprint density at radius 2 is 1.73 bits per heavy atom. The van der Waals surface area contributed by atoms with Crippen LogP contribution in [0.3, 0.4) is 0 Å². The monoisotopic (exact) mass is 434 g/mol. The van der Waals surface area contributed by atoms with E-state index in [0.717, 1.165) is 23.4 Å². The van der Waals surface area contributed by atoms with Crippen molar-refractivity contribution in [2.45, 2.75) is 30.8 Å². The van der Waals surface area contributed by atoms with Gasteiger partial charge < -0.3 is 4.90 Å². The largest absolute Gasteiger partial charge is 0.416 e. The Kier molecular flexibility index (Phi) is 5.30. The van der Waals surface area contributed by atoms with E-state index in [1.165, 1.54) is 12.1 Å². The highest BCUT2D eigenvalue weighted by molar-refractivity contribution is 8.02. The summed E-state index contributed by atoms with van der Waals surface area (Å²) >= 11 is 1.61. The van der Waals surface area contributed by atoms with Gasteiger partial charge in [-0.3, -0.25) is 14.5 Å². The van der Waals surface area contributed by atoms with Crippen molar-refractivity contribution in [3.8, 4) is 0 Å². The highest BCUT2D eigenvalue weighted by Gasteiger charge is 2.49. The molecule has 30 heavy (non-hydrogen) atoms. The fraction of sp³-hybridized carbons (Fsp3) is 0.364. The lowest BCUT2D eigenvalue weighted by molar-refractivity contribution is -0.137. The van der Waals surface area contributed by atoms with Crippen LogP contribution in [0.2, 0.25) is 0 Å². The van der Waals surface area contributed by atoms with Gasteiger partial charge in [-0.1, -0.05) is 12.1 Å². The van der Waals surface area contributed by atoms with Gasteiger partial charge in [-0.15, -0.1) is 11.8 Å². The summed E-state index contributed by atoms with van der Waals surface area (Å²) in [4.78, 5) is 28.6. The first kappa shape index (κ1) is 20.8. The Morgan fingerprint density at radius 1 is 1.07 bits per heavy atom. The van der Waals surface area contributed by atoms with Gasteiger partial charge in [-0.2, -0.15) is 13.2 Å². The molecule has 0 saturated carbocycles. The second-order valence-electron chi connectivity index (χ2n) is 7.67. The number of benzene rings is 2. The molecule has 2 aliphatic heterocycles. The lowest BCUT2D eigenvalue weighted by atomic mass is 9.99. The fourth-order valence-electron chi connectivity index (χ4n) is 4.11. The highest BCUT2D eigenvalue weighted by atomic mass is 32.2. The molecule has 1 spiro atoms. The summed E-state index contributed by atoms with van der Waals surface area (Å²) < 4.78 is 38.2. The molecule has 0 bridgehead atoms. The predicted octanol–water partition coefficient (Wildman–Crippen LogP) is 4.73. The van der Waals surface area contributed by atoms with Gasteiger partial charge in [0.1, 0.15) is 0 Å². The van der Waals surface area contributed by atoms with E-state index in [1.807, 2.05) is 36.1 Å². The summed E-state index contributed by atoms with van der Waals surface area (Å²) in [5.41, 5.74) is 1.41. The first-order chi connectivity index (χ1) is 14.2. The third-order valence-corrected chi connectivity index (χ3v) is 7.19. The number of carbonyl (C=O) groups excluding carboxylic acids is 2. The molecule has 4 rings (SSSR count). The van der Waals surface area contributed by atoms with E-state index in [9.17, 15) is 22.8 Å². The molecule has 0 radical (unpaired) electrons. The third kappa shape index (κ3) is 3.80. The lowest BCUT2D eigenvalue weighted by Gasteiger charge is -2.44. The van der Waals surface area contributed by atoms with Crippen molar-refractivity contribution in [3.63, 3.8) is 0 Å². The molecule has 0 aliphatic carbocycles. The number of thioether (sulfide) groups is 1. The molecule has 2 saturated heterocycles. The van der Waals surface area contributed by atoms with Gasteiger partial charge in [0, 0.05) is 24.3 Å². The molecule has 8 heteroatoms. The predicted molar refractivity (Wildman–Crippen MR) is 110 cm³/mol. The van der Waals surface area contributed by atoms with Gasteiger partial charge in [0.05, 0.1) is 16.2 Å². The molecular formula is C22H21F3N2O2S. The number of hydrogen-bond acceptors (Lipinski definition) is 3. The number of alkyl halides is 3. The molecule has 0 aromatic heterocycles. The summed E-state index contributed by atoms with van der Waals surface area (Å²) in [6.45, 7) is 2.88. The van der Waals surface area contributed by atoms with Crippen molar-refractivity contribution in [1.29, 1.82) is 0 Å². The average Bonchev–Trinajstić information content (AvgIpc) is 3.03. The fourth-order valence-corrected chi connectivity index (χ4v) is 5.44. The van der Waals surface area contributed by atoms with Crippen molar-refractivity contribution in [2.75, 3.05) is 23.7 Å². The number of hydrogen-bond donors (Lipinski definition) is 0. The van der Waals surface area contributed by atoms with Crippen LogP contribution < -0.4 is 4.90 Å². The molecule has 158 valence electrons. The maximum Gasteiger partial charge on any atom is 0.416 e. The van der Waals surface area contributed by atoms with E-state index in [1.54, 1.807) is 16.7 Å². The van der Waals surface area contributed by atoms with Crippen LogP contribution in [0.25, 0.3) is 0 Å². The topological polar surface area (TPSA) is 40.6 Å². The Morgan fingerprint density at radius 3 is 2.33 bits per heavy atom. The number of rotatable bonds is 2. The Bertz CT molecular complexity index is 967. The lowest BCUT2D eigenvalue weighted by Crippen LogP contribution is -2.53. The normalized spacial score (nSPS) is 18.9. The van der Waals surface area contributed by atoms with Crippen LogP contribution in [-0.2, 0) is 11.0 Å². The Labute approximate surface area is 177 Å². The van der Waals surface area contributed by atoms with Crippen LogP contribution in [-0.4, -0.2) is 40.4 Å².